The first-order valence-electron chi connectivity index (χ1n) is 27.3. The molecule has 404 valence electrons. The largest absolute Gasteiger partial charge is 0.481 e. The van der Waals surface area contributed by atoms with Gasteiger partial charge in [-0.25, -0.2) is 9.97 Å². The van der Waals surface area contributed by atoms with Gasteiger partial charge in [0.2, 0.25) is 0 Å². The molecule has 14 rings (SSSR count). The van der Waals surface area contributed by atoms with Gasteiger partial charge in [-0.3, -0.25) is 19.2 Å². The number of carbonyl (C=O) groups excluding carboxylic acids is 2. The Morgan fingerprint density at radius 2 is 1.20 bits per heavy atom. The molecule has 4 heterocycles. The molecule has 0 aromatic carbocycles. The molecule has 14 nitrogen and oxygen atoms in total. The number of hydrogen-bond donors (Lipinski definition) is 4. The van der Waals surface area contributed by atoms with Gasteiger partial charge in [0.1, 0.15) is 21.7 Å². The van der Waals surface area contributed by atoms with Gasteiger partial charge in [0.05, 0.1) is 28.2 Å². The van der Waals surface area contributed by atoms with Crippen molar-refractivity contribution in [3.8, 4) is 0 Å². The summed E-state index contributed by atoms with van der Waals surface area (Å²) in [6.45, 7) is -0.630. The molecule has 8 atom stereocenters. The van der Waals surface area contributed by atoms with Gasteiger partial charge in [-0.15, -0.1) is 23.5 Å². The van der Waals surface area contributed by atoms with E-state index in [9.17, 15) is 41.8 Å². The number of piperidine rings is 1. The number of nitrogens with one attached hydrogen (secondary N) is 2. The summed E-state index contributed by atoms with van der Waals surface area (Å²) in [6, 6.07) is 7.42. The fourth-order valence-electron chi connectivity index (χ4n) is 16.2. The molecule has 8 bridgehead atoms. The van der Waals surface area contributed by atoms with Crippen LogP contribution in [-0.2, 0) is 19.1 Å². The maximum absolute atomic E-state index is 13.7. The number of ether oxygens (including phenoxy) is 2. The number of rotatable bonds is 18. The summed E-state index contributed by atoms with van der Waals surface area (Å²) in [5.74, 6) is 2.39. The van der Waals surface area contributed by atoms with Gasteiger partial charge in [0, 0.05) is 49.9 Å². The van der Waals surface area contributed by atoms with E-state index in [0.717, 1.165) is 80.3 Å². The van der Waals surface area contributed by atoms with E-state index in [1.54, 1.807) is 23.5 Å². The minimum atomic E-state index is -2.76. The summed E-state index contributed by atoms with van der Waals surface area (Å²) >= 11 is 3.26. The Hall–Kier alpha value is -3.88. The van der Waals surface area contributed by atoms with Crippen LogP contribution in [0.5, 0.6) is 0 Å². The summed E-state index contributed by atoms with van der Waals surface area (Å²) in [7, 11) is 0. The number of carbonyl (C=O) groups is 4. The smallest absolute Gasteiger partial charge is 0.345 e. The first kappa shape index (κ1) is 52.2. The van der Waals surface area contributed by atoms with Gasteiger partial charge in [-0.05, 0) is 173 Å². The Kier molecular flexibility index (Phi) is 14.9. The Morgan fingerprint density at radius 1 is 0.703 bits per heavy atom. The van der Waals surface area contributed by atoms with Gasteiger partial charge in [0.25, 0.3) is 11.8 Å². The molecule has 12 aliphatic rings. The number of hydrogen-bond acceptors (Lipinski definition) is 12. The number of thioether (sulfide) groups is 2. The Labute approximate surface area is 438 Å². The monoisotopic (exact) mass is 1070 g/mol. The zero-order valence-electron chi connectivity index (χ0n) is 42.0. The molecule has 5 unspecified atom stereocenters. The number of fused-ring (bicyclic) bond motifs is 1. The molecule has 0 radical (unpaired) electrons. The highest BCUT2D eigenvalue weighted by Gasteiger charge is 2.61. The molecule has 12 fully saturated rings. The minimum Gasteiger partial charge on any atom is -0.481 e. The van der Waals surface area contributed by atoms with Crippen molar-refractivity contribution in [3.05, 3.63) is 35.4 Å². The standard InChI is InChI=1S/C28H35F2N3O4S.C26H35F2N3O4S/c29-27(30)37-28-9-14-7-15(10-28)23(16(8-14)11-28)32-24(34)18-5-6-21(31-25(18)38-17-3-1-2-4-17)33-12-19-20(13-33)22(19)26(35)36;1-2-7-36-24-19(3-4-20(29-24)31-6-5-15(14-31)10-21(32)33)23(34)30-22-17-8-16-9-18(22)13-26(11-16,12-17)35-25(27)28/h5-6,14-17,19-20,22-23,27H,1-4,7-13H2,(H,32,34)(H,35,36);3-4,15-18,22,25H,2,5-14H2,1H3,(H,30,34)(H,32,33)/t14?,15?,16?,19-,20+,22?,23-,28+;15-,16?,17?,18?,22-,26+/m.1/s1. The van der Waals surface area contributed by atoms with E-state index in [-0.39, 0.29) is 77.7 Å². The SMILES string of the molecule is CCCSc1nc(N2CC[C@H](CC(=O)O)C2)ccc1C(=O)N[C@H]1C2CC3CC1C[C@@](OC(F)F)(C3)C2.O=C(N[C@H]1C2CC3CC1C[C@@](OC(F)F)(C3)C2)c1ccc(N2C[C@@H]3C(C(=O)O)[C@@H]3C2)nc1SC1CCCC1. The highest BCUT2D eigenvalue weighted by molar-refractivity contribution is 8.00. The van der Waals surface area contributed by atoms with Crippen molar-refractivity contribution in [1.82, 2.24) is 20.6 Å². The summed E-state index contributed by atoms with van der Waals surface area (Å²) < 4.78 is 62.9. The third kappa shape index (κ3) is 10.9. The molecule has 2 aromatic heterocycles. The van der Waals surface area contributed by atoms with Crippen molar-refractivity contribution in [2.24, 2.45) is 59.2 Å². The number of aromatic nitrogens is 2. The summed E-state index contributed by atoms with van der Waals surface area (Å²) in [4.78, 5) is 63.7. The van der Waals surface area contributed by atoms with E-state index >= 15 is 0 Å². The second-order valence-corrected chi connectivity index (χ2v) is 26.1. The molecular weight excluding hydrogens is 1000 g/mol. The average Bonchev–Trinajstić information content (AvgIpc) is 3.80. The zero-order chi connectivity index (χ0) is 51.6. The molecule has 2 aliphatic heterocycles. The number of carboxylic acids is 2. The van der Waals surface area contributed by atoms with Crippen LogP contribution < -0.4 is 20.4 Å². The van der Waals surface area contributed by atoms with Crippen molar-refractivity contribution < 1.29 is 56.4 Å². The van der Waals surface area contributed by atoms with Gasteiger partial charge < -0.3 is 40.1 Å². The van der Waals surface area contributed by atoms with E-state index in [4.69, 9.17) is 24.5 Å². The lowest BCUT2D eigenvalue weighted by atomic mass is 9.52. The number of pyridine rings is 2. The predicted molar refractivity (Wildman–Crippen MR) is 270 cm³/mol. The van der Waals surface area contributed by atoms with Crippen molar-refractivity contribution in [2.75, 3.05) is 41.7 Å². The third-order valence-corrected chi connectivity index (χ3v) is 21.3. The maximum atomic E-state index is 13.7. The number of halogens is 4. The number of amides is 2. The van der Waals surface area contributed by atoms with Crippen LogP contribution in [0.15, 0.2) is 34.3 Å². The second-order valence-electron chi connectivity index (χ2n) is 23.8. The summed E-state index contributed by atoms with van der Waals surface area (Å²) in [6.07, 6.45) is 14.1. The van der Waals surface area contributed by atoms with E-state index in [0.29, 0.717) is 91.4 Å². The van der Waals surface area contributed by atoms with Crippen LogP contribution in [0.1, 0.15) is 137 Å². The van der Waals surface area contributed by atoms with Crippen molar-refractivity contribution in [2.45, 2.75) is 168 Å². The number of aliphatic carboxylic acids is 2. The van der Waals surface area contributed by atoms with Crippen LogP contribution in [0.3, 0.4) is 0 Å². The fourth-order valence-corrected chi connectivity index (χ4v) is 18.3. The lowest BCUT2D eigenvalue weighted by Gasteiger charge is -2.59. The molecule has 74 heavy (non-hydrogen) atoms. The van der Waals surface area contributed by atoms with E-state index in [1.807, 2.05) is 24.3 Å². The quantitative estimate of drug-likeness (QED) is 0.0818. The average molecular weight is 1070 g/mol. The number of nitrogens with zero attached hydrogens (tertiary/aromatic N) is 4. The Balaban J connectivity index is 0.000000159. The molecule has 10 aliphatic carbocycles. The predicted octanol–water partition coefficient (Wildman–Crippen LogP) is 9.60. The third-order valence-electron chi connectivity index (χ3n) is 18.8. The van der Waals surface area contributed by atoms with Gasteiger partial charge in [-0.2, -0.15) is 17.6 Å². The molecule has 20 heteroatoms. The highest BCUT2D eigenvalue weighted by atomic mass is 32.2. The van der Waals surface area contributed by atoms with Crippen LogP contribution >= 0.6 is 23.5 Å². The molecule has 4 N–H and O–H groups in total. The molecule has 2 amide bonds. The van der Waals surface area contributed by atoms with Crippen LogP contribution in [-0.4, -0.2) is 118 Å². The normalized spacial score (nSPS) is 36.1. The van der Waals surface area contributed by atoms with Crippen molar-refractivity contribution in [1.29, 1.82) is 0 Å². The number of anilines is 2. The molecule has 10 saturated carbocycles. The lowest BCUT2D eigenvalue weighted by molar-refractivity contribution is -0.260. The molecular formula is C54H70F4N6O8S2. The van der Waals surface area contributed by atoms with E-state index in [1.165, 1.54) is 12.8 Å². The first-order valence-corrected chi connectivity index (χ1v) is 29.2. The summed E-state index contributed by atoms with van der Waals surface area (Å²) in [5, 5.41) is 26.9. The lowest BCUT2D eigenvalue weighted by Crippen LogP contribution is -2.62. The summed E-state index contributed by atoms with van der Waals surface area (Å²) in [5.41, 5.74) is -0.322. The van der Waals surface area contributed by atoms with Crippen LogP contribution in [0.2, 0.25) is 0 Å². The number of alkyl halides is 4. The minimum absolute atomic E-state index is 0.0175. The Bertz CT molecular complexity index is 2400. The van der Waals surface area contributed by atoms with Gasteiger partial charge in [-0.1, -0.05) is 19.8 Å². The Morgan fingerprint density at radius 3 is 1.69 bits per heavy atom. The molecule has 0 spiro atoms. The number of carboxylic acid groups (broad SMARTS) is 2. The highest BCUT2D eigenvalue weighted by Crippen LogP contribution is 2.59. The van der Waals surface area contributed by atoms with Gasteiger partial charge in [0.15, 0.2) is 0 Å². The zero-order valence-corrected chi connectivity index (χ0v) is 43.6. The topological polar surface area (TPSA) is 184 Å². The second kappa shape index (κ2) is 21.2. The van der Waals surface area contributed by atoms with E-state index < -0.39 is 36.4 Å². The van der Waals surface area contributed by atoms with Crippen molar-refractivity contribution in [3.63, 3.8) is 0 Å². The van der Waals surface area contributed by atoms with Crippen LogP contribution in [0, 0.1) is 59.2 Å². The fraction of sp³-hybridized carbons (Fsp3) is 0.741. The van der Waals surface area contributed by atoms with Crippen LogP contribution in [0.25, 0.3) is 0 Å². The molecule has 2 saturated heterocycles. The van der Waals surface area contributed by atoms with E-state index in [2.05, 4.69) is 27.4 Å². The van der Waals surface area contributed by atoms with Gasteiger partial charge >= 0.3 is 25.2 Å². The maximum Gasteiger partial charge on any atom is 0.345 e. The molecule has 2 aromatic rings. The van der Waals surface area contributed by atoms with Crippen LogP contribution in [0.4, 0.5) is 29.2 Å². The van der Waals surface area contributed by atoms with Crippen molar-refractivity contribution >= 4 is 58.9 Å². The first-order chi connectivity index (χ1) is 35.5.